The highest BCUT2D eigenvalue weighted by molar-refractivity contribution is 6.58. The molecule has 0 atom stereocenters. The molecule has 9 nitrogen and oxygen atoms in total. The van der Waals surface area contributed by atoms with Crippen LogP contribution in [0.25, 0.3) is 0 Å². The number of piperidine rings is 1. The van der Waals surface area contributed by atoms with E-state index < -0.39 is 35.8 Å². The van der Waals surface area contributed by atoms with Gasteiger partial charge >= 0.3 is 19.3 Å². The molecule has 0 spiro atoms. The van der Waals surface area contributed by atoms with Crippen molar-refractivity contribution in [2.24, 2.45) is 5.10 Å². The van der Waals surface area contributed by atoms with Crippen molar-refractivity contribution in [2.45, 2.75) is 38.5 Å². The molecule has 1 fully saturated rings. The summed E-state index contributed by atoms with van der Waals surface area (Å²) < 4.78 is 40.0. The number of amides is 3. The third-order valence-corrected chi connectivity index (χ3v) is 8.59. The van der Waals surface area contributed by atoms with Crippen LogP contribution in [-0.4, -0.2) is 60.4 Å². The van der Waals surface area contributed by atoms with Gasteiger partial charge in [0.1, 0.15) is 0 Å². The monoisotopic (exact) mass is 705 g/mol. The summed E-state index contributed by atoms with van der Waals surface area (Å²) in [5.74, 6) is -0.628. The van der Waals surface area contributed by atoms with Gasteiger partial charge in [-0.1, -0.05) is 54.1 Å². The Morgan fingerprint density at radius 2 is 1.60 bits per heavy atom. The van der Waals surface area contributed by atoms with Crippen LogP contribution in [0, 0.1) is 0 Å². The third kappa shape index (κ3) is 9.51. The molecule has 1 saturated heterocycles. The van der Waals surface area contributed by atoms with Crippen LogP contribution in [0.2, 0.25) is 5.02 Å². The summed E-state index contributed by atoms with van der Waals surface area (Å²) in [6.45, 7) is 2.84. The molecule has 0 bridgehead atoms. The molecular weight excluding hydrogens is 670 g/mol. The number of hydrogen-bond donors (Lipinski definition) is 3. The number of carbonyl (C=O) groups is 2. The zero-order valence-electron chi connectivity index (χ0n) is 27.3. The third-order valence-electron chi connectivity index (χ3n) is 8.26. The lowest BCUT2D eigenvalue weighted by Gasteiger charge is -2.29. The van der Waals surface area contributed by atoms with Crippen LogP contribution in [0.1, 0.15) is 51.9 Å². The van der Waals surface area contributed by atoms with Crippen LogP contribution in [0.15, 0.2) is 96.1 Å². The Morgan fingerprint density at radius 1 is 0.920 bits per heavy atom. The van der Waals surface area contributed by atoms with Gasteiger partial charge in [0.15, 0.2) is 0 Å². The van der Waals surface area contributed by atoms with Crippen molar-refractivity contribution in [3.8, 4) is 0 Å². The van der Waals surface area contributed by atoms with Gasteiger partial charge in [-0.25, -0.2) is 15.1 Å². The van der Waals surface area contributed by atoms with Crippen molar-refractivity contribution in [1.29, 1.82) is 0 Å². The molecule has 0 aromatic heterocycles. The summed E-state index contributed by atoms with van der Waals surface area (Å²) in [7, 11) is 0.363. The lowest BCUT2D eigenvalue weighted by Crippen LogP contribution is -2.42. The molecule has 5 rings (SSSR count). The Hall–Kier alpha value is -4.69. The molecular formula is C36H36BClF3N5O4. The minimum absolute atomic E-state index is 0.0459. The van der Waals surface area contributed by atoms with Gasteiger partial charge in [0.2, 0.25) is 0 Å². The van der Waals surface area contributed by atoms with Gasteiger partial charge < -0.3 is 14.9 Å². The SMILES string of the molecule is CN(Cc1ccc(B(O)O)cc1)Cc1cccc(C(=O)N(C(=O)NN=Cc2ccc(Cl)c(C(F)(F)F)c2)c2ccc(N3CCCCC3)cc2)c1. The van der Waals surface area contributed by atoms with Crippen LogP contribution >= 0.6 is 11.6 Å². The number of rotatable bonds is 10. The number of hydrogen-bond acceptors (Lipinski definition) is 7. The molecule has 0 unspecified atom stereocenters. The quantitative estimate of drug-likeness (QED) is 0.105. The Labute approximate surface area is 293 Å². The minimum Gasteiger partial charge on any atom is -0.423 e. The zero-order valence-corrected chi connectivity index (χ0v) is 28.0. The van der Waals surface area contributed by atoms with Gasteiger partial charge in [-0.15, -0.1) is 0 Å². The second-order valence-electron chi connectivity index (χ2n) is 12.1. The first-order valence-corrected chi connectivity index (χ1v) is 16.4. The fourth-order valence-corrected chi connectivity index (χ4v) is 5.97. The van der Waals surface area contributed by atoms with E-state index in [9.17, 15) is 32.8 Å². The number of benzene rings is 4. The first-order chi connectivity index (χ1) is 23.9. The topological polar surface area (TPSA) is 109 Å². The van der Waals surface area contributed by atoms with Crippen molar-refractivity contribution < 1.29 is 32.8 Å². The van der Waals surface area contributed by atoms with Gasteiger partial charge in [-0.05, 0) is 97.0 Å². The van der Waals surface area contributed by atoms with Gasteiger partial charge in [-0.3, -0.25) is 9.69 Å². The number of nitrogens with zero attached hydrogens (tertiary/aromatic N) is 4. The summed E-state index contributed by atoms with van der Waals surface area (Å²) in [5, 5.41) is 22.1. The number of anilines is 2. The Morgan fingerprint density at radius 3 is 2.26 bits per heavy atom. The standard InChI is InChI=1S/C36H36BClF3N5O4/c1-44(23-25-8-11-29(12-9-25)37(49)50)24-27-6-5-7-28(20-27)34(47)46(31-15-13-30(14-16-31)45-18-3-2-4-19-45)35(48)43-42-22-26-10-17-33(38)32(21-26)36(39,40)41/h5-17,20-22,49-50H,2-4,18-19,23-24H2,1H3,(H,43,48). The first-order valence-electron chi connectivity index (χ1n) is 16.0. The molecule has 1 heterocycles. The number of imide groups is 1. The van der Waals surface area contributed by atoms with E-state index in [0.29, 0.717) is 18.6 Å². The molecule has 3 N–H and O–H groups in total. The van der Waals surface area contributed by atoms with E-state index in [1.807, 2.05) is 42.3 Å². The summed E-state index contributed by atoms with van der Waals surface area (Å²) in [4.78, 5) is 32.8. The number of alkyl halides is 3. The van der Waals surface area contributed by atoms with E-state index in [-0.39, 0.29) is 16.8 Å². The predicted octanol–water partition coefficient (Wildman–Crippen LogP) is 6.05. The number of nitrogens with one attached hydrogen (secondary N) is 1. The molecule has 50 heavy (non-hydrogen) atoms. The largest absolute Gasteiger partial charge is 0.488 e. The average molecular weight is 706 g/mol. The van der Waals surface area contributed by atoms with E-state index in [2.05, 4.69) is 15.4 Å². The number of carbonyl (C=O) groups excluding carboxylic acids is 2. The molecule has 4 aromatic rings. The van der Waals surface area contributed by atoms with Crippen molar-refractivity contribution >= 4 is 53.7 Å². The Balaban J connectivity index is 1.36. The van der Waals surface area contributed by atoms with E-state index in [0.717, 1.165) is 66.0 Å². The van der Waals surface area contributed by atoms with Crippen LogP contribution in [-0.2, 0) is 19.3 Å². The lowest BCUT2D eigenvalue weighted by atomic mass is 9.80. The molecule has 0 radical (unpaired) electrons. The van der Waals surface area contributed by atoms with Crippen LogP contribution in [0.4, 0.5) is 29.3 Å². The lowest BCUT2D eigenvalue weighted by molar-refractivity contribution is -0.137. The van der Waals surface area contributed by atoms with Gasteiger partial charge in [-0.2, -0.15) is 18.3 Å². The van der Waals surface area contributed by atoms with Crippen molar-refractivity contribution in [3.63, 3.8) is 0 Å². The molecule has 1 aliphatic heterocycles. The van der Waals surface area contributed by atoms with E-state index >= 15 is 0 Å². The normalized spacial score (nSPS) is 13.5. The average Bonchev–Trinajstić information content (AvgIpc) is 3.09. The maximum Gasteiger partial charge on any atom is 0.488 e. The van der Waals surface area contributed by atoms with E-state index in [1.54, 1.807) is 42.5 Å². The van der Waals surface area contributed by atoms with E-state index in [4.69, 9.17) is 11.6 Å². The Kier molecular flexibility index (Phi) is 12.0. The van der Waals surface area contributed by atoms with E-state index in [1.165, 1.54) is 12.5 Å². The first kappa shape index (κ1) is 36.6. The molecule has 0 saturated carbocycles. The molecule has 0 aliphatic carbocycles. The van der Waals surface area contributed by atoms with Gasteiger partial charge in [0, 0.05) is 37.4 Å². The zero-order chi connectivity index (χ0) is 35.8. The van der Waals surface area contributed by atoms with Crippen molar-refractivity contribution in [2.75, 3.05) is 29.9 Å². The highest BCUT2D eigenvalue weighted by Crippen LogP contribution is 2.35. The fourth-order valence-electron chi connectivity index (χ4n) is 5.75. The highest BCUT2D eigenvalue weighted by atomic mass is 35.5. The molecule has 260 valence electrons. The van der Waals surface area contributed by atoms with Crippen molar-refractivity contribution in [3.05, 3.63) is 124 Å². The second kappa shape index (κ2) is 16.3. The fraction of sp³-hybridized carbons (Fsp3) is 0.250. The highest BCUT2D eigenvalue weighted by Gasteiger charge is 2.33. The molecule has 4 aromatic carbocycles. The molecule has 1 aliphatic rings. The number of urea groups is 1. The predicted molar refractivity (Wildman–Crippen MR) is 190 cm³/mol. The summed E-state index contributed by atoms with van der Waals surface area (Å²) in [6.07, 6.45) is -0.301. The smallest absolute Gasteiger partial charge is 0.423 e. The summed E-state index contributed by atoms with van der Waals surface area (Å²) in [5.41, 5.74) is 4.94. The number of hydrazone groups is 1. The summed E-state index contributed by atoms with van der Waals surface area (Å²) in [6, 6.07) is 23.2. The number of halogens is 4. The van der Waals surface area contributed by atoms with Crippen molar-refractivity contribution in [1.82, 2.24) is 10.3 Å². The molecule has 14 heteroatoms. The van der Waals surface area contributed by atoms with Gasteiger partial charge in [0.25, 0.3) is 5.91 Å². The molecule has 3 amide bonds. The van der Waals surface area contributed by atoms with Crippen LogP contribution in [0.5, 0.6) is 0 Å². The summed E-state index contributed by atoms with van der Waals surface area (Å²) >= 11 is 5.72. The van der Waals surface area contributed by atoms with Gasteiger partial charge in [0.05, 0.1) is 22.5 Å². The second-order valence-corrected chi connectivity index (χ2v) is 12.5. The van der Waals surface area contributed by atoms with Crippen LogP contribution in [0.3, 0.4) is 0 Å². The van der Waals surface area contributed by atoms with Crippen LogP contribution < -0.4 is 20.7 Å². The Bertz CT molecular complexity index is 1820. The maximum atomic E-state index is 14.0. The minimum atomic E-state index is -4.67. The maximum absolute atomic E-state index is 14.0.